The molecule has 2 aliphatic carbocycles. The van der Waals surface area contributed by atoms with Crippen molar-refractivity contribution in [2.24, 2.45) is 17.3 Å². The molecule has 168 valence electrons. The van der Waals surface area contributed by atoms with Crippen LogP contribution in [0.5, 0.6) is 5.75 Å². The number of rotatable bonds is 6. The summed E-state index contributed by atoms with van der Waals surface area (Å²) in [6.45, 7) is 9.93. The third-order valence-electron chi connectivity index (χ3n) is 7.57. The lowest BCUT2D eigenvalue weighted by Gasteiger charge is -2.37. The van der Waals surface area contributed by atoms with E-state index in [4.69, 9.17) is 9.84 Å². The molecule has 0 unspecified atom stereocenters. The molecule has 4 heteroatoms. The van der Waals surface area contributed by atoms with Crippen molar-refractivity contribution in [3.8, 4) is 5.75 Å². The Morgan fingerprint density at radius 2 is 1.74 bits per heavy atom. The molecule has 0 amide bonds. The van der Waals surface area contributed by atoms with Crippen LogP contribution in [0.1, 0.15) is 70.4 Å². The van der Waals surface area contributed by atoms with Gasteiger partial charge in [0.05, 0.1) is 12.0 Å². The SMILES string of the molecule is Cc1cc(O[C@H]2CC[C@H](C(C)(C)C)CC2)c(CNC2CC(C(=O)O)C2)c2ccccc12. The average Bonchev–Trinajstić information content (AvgIpc) is 2.68. The van der Waals surface area contributed by atoms with E-state index in [2.05, 4.69) is 63.3 Å². The number of aryl methyl sites for hydroxylation is 1. The zero-order chi connectivity index (χ0) is 22.2. The highest BCUT2D eigenvalue weighted by Crippen LogP contribution is 2.40. The van der Waals surface area contributed by atoms with Gasteiger partial charge in [0.1, 0.15) is 5.75 Å². The van der Waals surface area contributed by atoms with Gasteiger partial charge < -0.3 is 15.2 Å². The summed E-state index contributed by atoms with van der Waals surface area (Å²) >= 11 is 0. The van der Waals surface area contributed by atoms with Crippen LogP contribution < -0.4 is 10.1 Å². The molecule has 2 saturated carbocycles. The average molecular weight is 424 g/mol. The lowest BCUT2D eigenvalue weighted by atomic mass is 9.72. The van der Waals surface area contributed by atoms with Crippen molar-refractivity contribution in [1.29, 1.82) is 0 Å². The summed E-state index contributed by atoms with van der Waals surface area (Å²) in [5.41, 5.74) is 2.82. The molecule has 2 aromatic rings. The molecule has 0 radical (unpaired) electrons. The summed E-state index contributed by atoms with van der Waals surface area (Å²) in [7, 11) is 0. The first-order valence-electron chi connectivity index (χ1n) is 11.9. The maximum Gasteiger partial charge on any atom is 0.306 e. The minimum absolute atomic E-state index is 0.194. The van der Waals surface area contributed by atoms with Crippen molar-refractivity contribution in [1.82, 2.24) is 5.32 Å². The Morgan fingerprint density at radius 1 is 1.10 bits per heavy atom. The molecule has 0 atom stereocenters. The van der Waals surface area contributed by atoms with Crippen molar-refractivity contribution < 1.29 is 14.6 Å². The Morgan fingerprint density at radius 3 is 2.35 bits per heavy atom. The highest BCUT2D eigenvalue weighted by molar-refractivity contribution is 5.90. The molecular weight excluding hydrogens is 386 g/mol. The number of carboxylic acid groups (broad SMARTS) is 1. The van der Waals surface area contributed by atoms with Gasteiger partial charge in [-0.25, -0.2) is 0 Å². The van der Waals surface area contributed by atoms with Crippen LogP contribution in [-0.2, 0) is 11.3 Å². The molecule has 4 rings (SSSR count). The van der Waals surface area contributed by atoms with Crippen LogP contribution in [0.15, 0.2) is 30.3 Å². The lowest BCUT2D eigenvalue weighted by Crippen LogP contribution is -2.43. The predicted molar refractivity (Wildman–Crippen MR) is 126 cm³/mol. The van der Waals surface area contributed by atoms with Gasteiger partial charge in [0.25, 0.3) is 0 Å². The third kappa shape index (κ3) is 4.90. The normalized spacial score (nSPS) is 26.5. The maximum absolute atomic E-state index is 11.1. The van der Waals surface area contributed by atoms with E-state index in [1.807, 2.05) is 0 Å². The number of carbonyl (C=O) groups is 1. The fourth-order valence-electron chi connectivity index (χ4n) is 5.33. The number of nitrogens with one attached hydrogen (secondary N) is 1. The minimum Gasteiger partial charge on any atom is -0.490 e. The molecule has 0 spiro atoms. The van der Waals surface area contributed by atoms with Crippen molar-refractivity contribution in [3.05, 3.63) is 41.5 Å². The van der Waals surface area contributed by atoms with E-state index in [0.29, 0.717) is 24.8 Å². The molecule has 4 nitrogen and oxygen atoms in total. The van der Waals surface area contributed by atoms with Gasteiger partial charge >= 0.3 is 5.97 Å². The Bertz CT molecular complexity index is 931. The van der Waals surface area contributed by atoms with Crippen LogP contribution in [0.3, 0.4) is 0 Å². The lowest BCUT2D eigenvalue weighted by molar-refractivity contribution is -0.145. The fourth-order valence-corrected chi connectivity index (χ4v) is 5.33. The first-order valence-corrected chi connectivity index (χ1v) is 11.9. The van der Waals surface area contributed by atoms with Gasteiger partial charge in [-0.15, -0.1) is 0 Å². The molecule has 2 aromatic carbocycles. The number of fused-ring (bicyclic) bond motifs is 1. The van der Waals surface area contributed by atoms with Gasteiger partial charge in [-0.2, -0.15) is 0 Å². The predicted octanol–water partition coefficient (Wildman–Crippen LogP) is 6.08. The van der Waals surface area contributed by atoms with E-state index < -0.39 is 5.97 Å². The molecule has 2 N–H and O–H groups in total. The van der Waals surface area contributed by atoms with E-state index in [-0.39, 0.29) is 18.1 Å². The first kappa shape index (κ1) is 22.1. The molecule has 2 aliphatic rings. The number of carboxylic acids is 1. The summed E-state index contributed by atoms with van der Waals surface area (Å²) in [5.74, 6) is 0.902. The van der Waals surface area contributed by atoms with Crippen molar-refractivity contribution >= 4 is 16.7 Å². The van der Waals surface area contributed by atoms with Gasteiger partial charge in [0.2, 0.25) is 0 Å². The number of hydrogen-bond donors (Lipinski definition) is 2. The summed E-state index contributed by atoms with van der Waals surface area (Å²) in [4.78, 5) is 11.1. The first-order chi connectivity index (χ1) is 14.7. The van der Waals surface area contributed by atoms with E-state index >= 15 is 0 Å². The summed E-state index contributed by atoms with van der Waals surface area (Å²) in [5, 5.41) is 15.3. The zero-order valence-electron chi connectivity index (χ0n) is 19.4. The van der Waals surface area contributed by atoms with Gasteiger partial charge in [0, 0.05) is 18.2 Å². The Hall–Kier alpha value is -2.07. The van der Waals surface area contributed by atoms with E-state index in [0.717, 1.165) is 24.5 Å². The Kier molecular flexibility index (Phi) is 6.30. The molecule has 0 bridgehead atoms. The number of ether oxygens (including phenoxy) is 1. The quantitative estimate of drug-likeness (QED) is 0.591. The second-order valence-electron chi connectivity index (χ2n) is 10.8. The molecule has 2 fully saturated rings. The van der Waals surface area contributed by atoms with Crippen LogP contribution in [0.25, 0.3) is 10.8 Å². The summed E-state index contributed by atoms with van der Waals surface area (Å²) < 4.78 is 6.65. The van der Waals surface area contributed by atoms with Crippen LogP contribution in [-0.4, -0.2) is 23.2 Å². The van der Waals surface area contributed by atoms with Crippen molar-refractivity contribution in [2.45, 2.75) is 84.9 Å². The molecule has 0 aromatic heterocycles. The standard InChI is InChI=1S/C27H37NO3/c1-17-13-25(31-21-11-9-19(10-12-21)27(2,3)4)24(23-8-6-5-7-22(17)23)16-28-20-14-18(15-20)26(29)30/h5-8,13,18-21,28H,9-12,14-16H2,1-4H3,(H,29,30)/t18?,19-,20?,21-. The minimum atomic E-state index is -0.672. The van der Waals surface area contributed by atoms with Gasteiger partial charge in [-0.05, 0) is 79.2 Å². The number of benzene rings is 2. The topological polar surface area (TPSA) is 58.6 Å². The second-order valence-corrected chi connectivity index (χ2v) is 10.8. The number of aliphatic carboxylic acids is 1. The van der Waals surface area contributed by atoms with Gasteiger partial charge in [-0.3, -0.25) is 4.79 Å². The molecule has 31 heavy (non-hydrogen) atoms. The Labute approximate surface area is 186 Å². The fraction of sp³-hybridized carbons (Fsp3) is 0.593. The van der Waals surface area contributed by atoms with E-state index in [1.54, 1.807) is 0 Å². The highest BCUT2D eigenvalue weighted by atomic mass is 16.5. The molecule has 0 aliphatic heterocycles. The highest BCUT2D eigenvalue weighted by Gasteiger charge is 2.34. The third-order valence-corrected chi connectivity index (χ3v) is 7.57. The van der Waals surface area contributed by atoms with Crippen molar-refractivity contribution in [2.75, 3.05) is 0 Å². The van der Waals surface area contributed by atoms with Crippen LogP contribution >= 0.6 is 0 Å². The van der Waals surface area contributed by atoms with Gasteiger partial charge in [0.15, 0.2) is 0 Å². The van der Waals surface area contributed by atoms with E-state index in [1.165, 1.54) is 34.7 Å². The van der Waals surface area contributed by atoms with E-state index in [9.17, 15) is 4.79 Å². The van der Waals surface area contributed by atoms with Gasteiger partial charge in [-0.1, -0.05) is 45.0 Å². The summed E-state index contributed by atoms with van der Waals surface area (Å²) in [6, 6.07) is 11.0. The number of hydrogen-bond acceptors (Lipinski definition) is 3. The summed E-state index contributed by atoms with van der Waals surface area (Å²) in [6.07, 6.45) is 6.39. The van der Waals surface area contributed by atoms with Crippen LogP contribution in [0.2, 0.25) is 0 Å². The van der Waals surface area contributed by atoms with Crippen LogP contribution in [0, 0.1) is 24.2 Å². The monoisotopic (exact) mass is 423 g/mol. The largest absolute Gasteiger partial charge is 0.490 e. The Balaban J connectivity index is 1.51. The zero-order valence-corrected chi connectivity index (χ0v) is 19.4. The van der Waals surface area contributed by atoms with Crippen LogP contribution in [0.4, 0.5) is 0 Å². The maximum atomic E-state index is 11.1. The smallest absolute Gasteiger partial charge is 0.306 e. The van der Waals surface area contributed by atoms with Crippen molar-refractivity contribution in [3.63, 3.8) is 0 Å². The molecule has 0 heterocycles. The molecular formula is C27H37NO3. The second kappa shape index (κ2) is 8.82. The molecule has 0 saturated heterocycles.